The molecule has 34 heavy (non-hydrogen) atoms. The van der Waals surface area contributed by atoms with Gasteiger partial charge in [-0.1, -0.05) is 5.16 Å². The van der Waals surface area contributed by atoms with Crippen molar-refractivity contribution in [2.45, 2.75) is 18.8 Å². The zero-order valence-corrected chi connectivity index (χ0v) is 17.6. The van der Waals surface area contributed by atoms with E-state index in [1.807, 2.05) is 11.1 Å². The van der Waals surface area contributed by atoms with Gasteiger partial charge in [-0.2, -0.15) is 4.98 Å². The second-order valence-electron chi connectivity index (χ2n) is 8.16. The Morgan fingerprint density at radius 2 is 1.94 bits per heavy atom. The molecule has 10 nitrogen and oxygen atoms in total. The molecule has 2 aliphatic rings. The number of halogens is 3. The minimum absolute atomic E-state index is 0.0241. The molecule has 174 valence electrons. The molecular weight excluding hydrogens is 455 g/mol. The molecule has 1 fully saturated rings. The number of imidazole rings is 1. The standard InChI is InChI=1S/C21H16F3N7O3/c1-29-9-25-19-17(29)20(32)31(10-26-19)8-15-27-18(28-34-15)16-13-6-30(7-14(13)16)11-2-4-12(5-3-11)33-21(22,23)24/h2-6,9-10,14,16H,7-8H2,1H3/t14-,16-/m0/s1. The molecule has 0 spiro atoms. The quantitative estimate of drug-likeness (QED) is 0.438. The Hall–Kier alpha value is -4.16. The third kappa shape index (κ3) is 3.49. The summed E-state index contributed by atoms with van der Waals surface area (Å²) in [6, 6.07) is 5.73. The number of fused-ring (bicyclic) bond motifs is 2. The summed E-state index contributed by atoms with van der Waals surface area (Å²) in [6.45, 7) is 0.749. The highest BCUT2D eigenvalue weighted by molar-refractivity contribution is 5.68. The molecule has 6 rings (SSSR count). The van der Waals surface area contributed by atoms with E-state index < -0.39 is 6.36 Å². The summed E-state index contributed by atoms with van der Waals surface area (Å²) in [5.41, 5.74) is 2.40. The lowest BCUT2D eigenvalue weighted by atomic mass is 10.2. The van der Waals surface area contributed by atoms with Gasteiger partial charge in [0.2, 0.25) is 5.89 Å². The summed E-state index contributed by atoms with van der Waals surface area (Å²) in [5.74, 6) is 0.801. The van der Waals surface area contributed by atoms with Crippen LogP contribution in [0.1, 0.15) is 17.6 Å². The van der Waals surface area contributed by atoms with E-state index in [9.17, 15) is 18.0 Å². The van der Waals surface area contributed by atoms with Crippen LogP contribution in [0, 0.1) is 5.92 Å². The normalized spacial score (nSPS) is 19.4. The largest absolute Gasteiger partial charge is 0.573 e. The summed E-state index contributed by atoms with van der Waals surface area (Å²) in [6.07, 6.45) is 0.168. The number of ether oxygens (including phenoxy) is 1. The average Bonchev–Trinajstić information content (AvgIpc) is 3.19. The van der Waals surface area contributed by atoms with Crippen LogP contribution in [0.2, 0.25) is 0 Å². The first-order valence-corrected chi connectivity index (χ1v) is 10.3. The Morgan fingerprint density at radius 1 is 1.18 bits per heavy atom. The van der Waals surface area contributed by atoms with E-state index in [-0.39, 0.29) is 29.7 Å². The number of hydrogen-bond donors (Lipinski definition) is 0. The van der Waals surface area contributed by atoms with Gasteiger partial charge >= 0.3 is 6.36 Å². The first-order valence-electron chi connectivity index (χ1n) is 10.3. The number of aryl methyl sites for hydroxylation is 1. The molecule has 3 aromatic heterocycles. The van der Waals surface area contributed by atoms with Crippen LogP contribution < -0.4 is 15.2 Å². The molecule has 1 aliphatic heterocycles. The van der Waals surface area contributed by atoms with Crippen molar-refractivity contribution in [2.24, 2.45) is 13.0 Å². The molecule has 1 saturated carbocycles. The van der Waals surface area contributed by atoms with Crippen molar-refractivity contribution in [3.8, 4) is 5.75 Å². The summed E-state index contributed by atoms with van der Waals surface area (Å²) < 4.78 is 49.3. The van der Waals surface area contributed by atoms with Gasteiger partial charge in [-0.15, -0.1) is 13.2 Å². The van der Waals surface area contributed by atoms with Crippen molar-refractivity contribution in [3.05, 3.63) is 70.8 Å². The number of rotatable bonds is 5. The van der Waals surface area contributed by atoms with E-state index in [1.165, 1.54) is 29.4 Å². The lowest BCUT2D eigenvalue weighted by molar-refractivity contribution is -0.274. The van der Waals surface area contributed by atoms with Crippen molar-refractivity contribution < 1.29 is 22.4 Å². The molecular formula is C21H16F3N7O3. The zero-order chi connectivity index (χ0) is 23.6. The van der Waals surface area contributed by atoms with Crippen LogP contribution in [0.15, 0.2) is 58.0 Å². The van der Waals surface area contributed by atoms with Gasteiger partial charge in [0.05, 0.1) is 12.2 Å². The lowest BCUT2D eigenvalue weighted by Crippen LogP contribution is -2.22. The summed E-state index contributed by atoms with van der Waals surface area (Å²) in [5, 5.41) is 4.08. The van der Waals surface area contributed by atoms with Crippen molar-refractivity contribution in [1.29, 1.82) is 0 Å². The molecule has 0 radical (unpaired) electrons. The molecule has 1 aromatic carbocycles. The van der Waals surface area contributed by atoms with Crippen LogP contribution in [0.5, 0.6) is 5.75 Å². The molecule has 13 heteroatoms. The third-order valence-corrected chi connectivity index (χ3v) is 5.95. The fourth-order valence-electron chi connectivity index (χ4n) is 4.31. The van der Waals surface area contributed by atoms with Gasteiger partial charge in [0.15, 0.2) is 17.0 Å². The van der Waals surface area contributed by atoms with Crippen molar-refractivity contribution in [2.75, 3.05) is 11.4 Å². The Balaban J connectivity index is 1.14. The maximum Gasteiger partial charge on any atom is 0.573 e. The van der Waals surface area contributed by atoms with Crippen LogP contribution in [0.25, 0.3) is 11.2 Å². The Morgan fingerprint density at radius 3 is 2.65 bits per heavy atom. The predicted molar refractivity (Wildman–Crippen MR) is 111 cm³/mol. The number of hydrogen-bond acceptors (Lipinski definition) is 8. The van der Waals surface area contributed by atoms with Crippen LogP contribution in [0.3, 0.4) is 0 Å². The highest BCUT2D eigenvalue weighted by Gasteiger charge is 2.52. The van der Waals surface area contributed by atoms with Crippen molar-refractivity contribution >= 4 is 16.9 Å². The molecule has 0 unspecified atom stereocenters. The monoisotopic (exact) mass is 471 g/mol. The van der Waals surface area contributed by atoms with Gasteiger partial charge in [0.1, 0.15) is 18.6 Å². The fourth-order valence-corrected chi connectivity index (χ4v) is 4.31. The maximum absolute atomic E-state index is 12.7. The Kier molecular flexibility index (Phi) is 4.31. The molecule has 0 bridgehead atoms. The fraction of sp³-hybridized carbons (Fsp3) is 0.286. The predicted octanol–water partition coefficient (Wildman–Crippen LogP) is 2.58. The van der Waals surface area contributed by atoms with Crippen LogP contribution >= 0.6 is 0 Å². The van der Waals surface area contributed by atoms with Crippen molar-refractivity contribution in [1.82, 2.24) is 29.2 Å². The highest BCUT2D eigenvalue weighted by Crippen LogP contribution is 2.56. The smallest absolute Gasteiger partial charge is 0.406 e. The van der Waals surface area contributed by atoms with Gasteiger partial charge in [0.25, 0.3) is 5.56 Å². The van der Waals surface area contributed by atoms with Gasteiger partial charge in [-0.05, 0) is 29.8 Å². The van der Waals surface area contributed by atoms with E-state index >= 15 is 0 Å². The van der Waals surface area contributed by atoms with Crippen molar-refractivity contribution in [3.63, 3.8) is 0 Å². The number of aromatic nitrogens is 6. The molecule has 2 atom stereocenters. The van der Waals surface area contributed by atoms with E-state index in [2.05, 4.69) is 24.8 Å². The molecule has 1 aliphatic carbocycles. The number of benzene rings is 1. The SMILES string of the molecule is Cn1cnc2ncn(Cc3nc([C@H]4C5=CN(c6ccc(OC(F)(F)F)cc6)C[C@@H]54)no3)c(=O)c21. The van der Waals surface area contributed by atoms with Crippen LogP contribution in [0.4, 0.5) is 18.9 Å². The molecule has 4 aromatic rings. The maximum atomic E-state index is 12.7. The van der Waals surface area contributed by atoms with E-state index in [1.54, 1.807) is 23.7 Å². The molecule has 4 heterocycles. The van der Waals surface area contributed by atoms with Crippen LogP contribution in [-0.2, 0) is 13.6 Å². The van der Waals surface area contributed by atoms with Gasteiger partial charge in [-0.3, -0.25) is 9.36 Å². The zero-order valence-electron chi connectivity index (χ0n) is 17.6. The summed E-state index contributed by atoms with van der Waals surface area (Å²) in [7, 11) is 1.72. The van der Waals surface area contributed by atoms with E-state index in [0.717, 1.165) is 11.3 Å². The average molecular weight is 471 g/mol. The molecule has 0 N–H and O–H groups in total. The van der Waals surface area contributed by atoms with Gasteiger partial charge < -0.3 is 18.7 Å². The second kappa shape index (κ2) is 7.17. The van der Waals surface area contributed by atoms with E-state index in [4.69, 9.17) is 4.52 Å². The number of nitrogens with zero attached hydrogens (tertiary/aromatic N) is 7. The minimum atomic E-state index is -4.72. The second-order valence-corrected chi connectivity index (χ2v) is 8.16. The van der Waals surface area contributed by atoms with Gasteiger partial charge in [0, 0.05) is 31.4 Å². The first-order chi connectivity index (χ1) is 16.3. The van der Waals surface area contributed by atoms with E-state index in [0.29, 0.717) is 29.4 Å². The van der Waals surface area contributed by atoms with Crippen LogP contribution in [-0.4, -0.2) is 42.1 Å². The Bertz CT molecular complexity index is 1490. The summed E-state index contributed by atoms with van der Waals surface area (Å²) >= 11 is 0. The minimum Gasteiger partial charge on any atom is -0.406 e. The Labute approximate surface area is 188 Å². The third-order valence-electron chi connectivity index (χ3n) is 5.95. The first kappa shape index (κ1) is 20.4. The molecule has 0 saturated heterocycles. The van der Waals surface area contributed by atoms with Gasteiger partial charge in [-0.25, -0.2) is 9.97 Å². The topological polar surface area (TPSA) is 104 Å². The highest BCUT2D eigenvalue weighted by atomic mass is 19.4. The lowest BCUT2D eigenvalue weighted by Gasteiger charge is -2.18. The number of alkyl halides is 3. The number of anilines is 1. The molecule has 0 amide bonds. The summed E-state index contributed by atoms with van der Waals surface area (Å²) in [4.78, 5) is 27.3.